The molecule has 1 unspecified atom stereocenters. The molecule has 0 aliphatic rings. The van der Waals surface area contributed by atoms with Gasteiger partial charge < -0.3 is 4.90 Å². The first kappa shape index (κ1) is 15.4. The number of nitrogens with zero attached hydrogens (tertiary/aromatic N) is 2. The molecule has 0 amide bonds. The minimum Gasteiger partial charge on any atom is -0.374 e. The predicted molar refractivity (Wildman–Crippen MR) is 68.9 cm³/mol. The predicted octanol–water partition coefficient (Wildman–Crippen LogP) is 4.06. The molecule has 1 aromatic carbocycles. The maximum atomic E-state index is 12.7. The van der Waals surface area contributed by atoms with Crippen LogP contribution in [0, 0.1) is 17.2 Å². The summed E-state index contributed by atoms with van der Waals surface area (Å²) in [6.45, 7) is 4.88. The Bertz CT molecular complexity index is 475. The Hall–Kier alpha value is -1.70. The van der Waals surface area contributed by atoms with E-state index in [1.54, 1.807) is 6.07 Å². The van der Waals surface area contributed by atoms with Crippen LogP contribution in [-0.2, 0) is 6.18 Å². The van der Waals surface area contributed by atoms with Crippen LogP contribution in [0.4, 0.5) is 18.9 Å². The van der Waals surface area contributed by atoms with Gasteiger partial charge in [-0.15, -0.1) is 0 Å². The molecule has 0 aromatic heterocycles. The largest absolute Gasteiger partial charge is 0.417 e. The fourth-order valence-corrected chi connectivity index (χ4v) is 1.81. The van der Waals surface area contributed by atoms with Gasteiger partial charge in [0, 0.05) is 19.3 Å². The quantitative estimate of drug-likeness (QED) is 0.825. The van der Waals surface area contributed by atoms with Gasteiger partial charge >= 0.3 is 6.18 Å². The first-order valence-electron chi connectivity index (χ1n) is 6.12. The van der Waals surface area contributed by atoms with E-state index in [0.717, 1.165) is 19.0 Å². The van der Waals surface area contributed by atoms with Gasteiger partial charge in [-0.1, -0.05) is 20.3 Å². The van der Waals surface area contributed by atoms with E-state index in [9.17, 15) is 13.2 Å². The van der Waals surface area contributed by atoms with Crippen molar-refractivity contribution in [3.05, 3.63) is 29.3 Å². The Balaban J connectivity index is 3.04. The van der Waals surface area contributed by atoms with E-state index < -0.39 is 11.7 Å². The van der Waals surface area contributed by atoms with Crippen molar-refractivity contribution in [2.45, 2.75) is 26.4 Å². The Kier molecular flexibility index (Phi) is 4.82. The third-order valence-corrected chi connectivity index (χ3v) is 3.15. The van der Waals surface area contributed by atoms with Crippen LogP contribution in [0.1, 0.15) is 31.4 Å². The van der Waals surface area contributed by atoms with Gasteiger partial charge in [-0.25, -0.2) is 0 Å². The van der Waals surface area contributed by atoms with E-state index in [2.05, 4.69) is 13.8 Å². The molecule has 0 saturated carbocycles. The monoisotopic (exact) mass is 270 g/mol. The summed E-state index contributed by atoms with van der Waals surface area (Å²) < 4.78 is 38.0. The number of rotatable bonds is 4. The highest BCUT2D eigenvalue weighted by Gasteiger charge is 2.33. The summed E-state index contributed by atoms with van der Waals surface area (Å²) in [6, 6.07) is 5.30. The minimum atomic E-state index is -4.49. The normalized spacial score (nSPS) is 12.9. The highest BCUT2D eigenvalue weighted by molar-refractivity contribution is 5.55. The molecule has 0 fully saturated rings. The summed E-state index contributed by atoms with van der Waals surface area (Å²) in [6.07, 6.45) is -3.49. The smallest absolute Gasteiger partial charge is 0.374 e. The van der Waals surface area contributed by atoms with Crippen molar-refractivity contribution in [2.75, 3.05) is 18.5 Å². The van der Waals surface area contributed by atoms with E-state index >= 15 is 0 Å². The van der Waals surface area contributed by atoms with Gasteiger partial charge in [0.1, 0.15) is 0 Å². The van der Waals surface area contributed by atoms with Crippen molar-refractivity contribution in [1.29, 1.82) is 5.26 Å². The lowest BCUT2D eigenvalue weighted by Crippen LogP contribution is -2.24. The molecule has 1 aromatic rings. The first-order valence-corrected chi connectivity index (χ1v) is 6.12. The number of halogens is 3. The van der Waals surface area contributed by atoms with Crippen LogP contribution in [-0.4, -0.2) is 13.6 Å². The average molecular weight is 270 g/mol. The number of hydrogen-bond donors (Lipinski definition) is 0. The fourth-order valence-electron chi connectivity index (χ4n) is 1.81. The van der Waals surface area contributed by atoms with E-state index in [0.29, 0.717) is 11.6 Å². The van der Waals surface area contributed by atoms with Crippen LogP contribution in [0.15, 0.2) is 18.2 Å². The van der Waals surface area contributed by atoms with Crippen molar-refractivity contribution in [3.63, 3.8) is 0 Å². The molecule has 0 heterocycles. The Morgan fingerprint density at radius 3 is 2.47 bits per heavy atom. The lowest BCUT2D eigenvalue weighted by molar-refractivity contribution is -0.137. The molecule has 0 aliphatic carbocycles. The maximum Gasteiger partial charge on any atom is 0.417 e. The van der Waals surface area contributed by atoms with E-state index in [-0.39, 0.29) is 5.56 Å². The molecule has 0 bridgehead atoms. The number of anilines is 1. The topological polar surface area (TPSA) is 27.0 Å². The van der Waals surface area contributed by atoms with E-state index in [1.165, 1.54) is 12.1 Å². The van der Waals surface area contributed by atoms with E-state index in [4.69, 9.17) is 5.26 Å². The van der Waals surface area contributed by atoms with Crippen molar-refractivity contribution in [1.82, 2.24) is 0 Å². The fraction of sp³-hybridized carbons (Fsp3) is 0.500. The van der Waals surface area contributed by atoms with Gasteiger partial charge in [0.05, 0.1) is 17.2 Å². The zero-order valence-corrected chi connectivity index (χ0v) is 11.3. The molecule has 0 spiro atoms. The Labute approximate surface area is 111 Å². The van der Waals surface area contributed by atoms with Crippen molar-refractivity contribution in [3.8, 4) is 6.07 Å². The van der Waals surface area contributed by atoms with Gasteiger partial charge in [0.25, 0.3) is 0 Å². The molecule has 0 aliphatic heterocycles. The standard InChI is InChI=1S/C14H17F3N2/c1-4-10(2)9-19(3)12-5-6-13(14(15,16)17)11(7-12)8-18/h5-7,10H,4,9H2,1-3H3. The SMILES string of the molecule is CCC(C)CN(C)c1ccc(C(F)(F)F)c(C#N)c1. The second-order valence-electron chi connectivity index (χ2n) is 4.73. The Morgan fingerprint density at radius 2 is 2.00 bits per heavy atom. The molecule has 5 heteroatoms. The van der Waals surface area contributed by atoms with Crippen molar-refractivity contribution in [2.24, 2.45) is 5.92 Å². The first-order chi connectivity index (χ1) is 8.79. The van der Waals surface area contributed by atoms with Crippen LogP contribution in [0.25, 0.3) is 0 Å². The molecule has 0 saturated heterocycles. The van der Waals surface area contributed by atoms with E-state index in [1.807, 2.05) is 11.9 Å². The molecule has 104 valence electrons. The highest BCUT2D eigenvalue weighted by Crippen LogP contribution is 2.33. The van der Waals surface area contributed by atoms with Gasteiger partial charge in [-0.2, -0.15) is 18.4 Å². The molecule has 0 radical (unpaired) electrons. The van der Waals surface area contributed by atoms with Crippen molar-refractivity contribution < 1.29 is 13.2 Å². The molecule has 2 nitrogen and oxygen atoms in total. The molecule has 0 N–H and O–H groups in total. The summed E-state index contributed by atoms with van der Waals surface area (Å²) in [5.41, 5.74) is -0.582. The minimum absolute atomic E-state index is 0.332. The summed E-state index contributed by atoms with van der Waals surface area (Å²) in [5.74, 6) is 0.442. The number of hydrogen-bond acceptors (Lipinski definition) is 2. The lowest BCUT2D eigenvalue weighted by Gasteiger charge is -2.23. The van der Waals surface area contributed by atoms with Crippen molar-refractivity contribution >= 4 is 5.69 Å². The summed E-state index contributed by atoms with van der Waals surface area (Å²) >= 11 is 0. The van der Waals surface area contributed by atoms with Crippen LogP contribution >= 0.6 is 0 Å². The van der Waals surface area contributed by atoms with Crippen LogP contribution in [0.2, 0.25) is 0 Å². The third-order valence-electron chi connectivity index (χ3n) is 3.15. The molecule has 1 atom stereocenters. The highest BCUT2D eigenvalue weighted by atomic mass is 19.4. The summed E-state index contributed by atoms with van der Waals surface area (Å²) in [7, 11) is 1.82. The van der Waals surface area contributed by atoms with Gasteiger partial charge in [-0.05, 0) is 24.1 Å². The molecule has 19 heavy (non-hydrogen) atoms. The Morgan fingerprint density at radius 1 is 1.37 bits per heavy atom. The summed E-state index contributed by atoms with van der Waals surface area (Å²) in [5, 5.41) is 8.85. The molecule has 1 rings (SSSR count). The van der Waals surface area contributed by atoms with Crippen LogP contribution in [0.5, 0.6) is 0 Å². The number of nitriles is 1. The second-order valence-corrected chi connectivity index (χ2v) is 4.73. The third kappa shape index (κ3) is 3.88. The van der Waals surface area contributed by atoms with Crippen LogP contribution < -0.4 is 4.90 Å². The second kappa shape index (κ2) is 5.96. The summed E-state index contributed by atoms with van der Waals surface area (Å²) in [4.78, 5) is 1.87. The zero-order chi connectivity index (χ0) is 14.6. The van der Waals surface area contributed by atoms with Gasteiger partial charge in [-0.3, -0.25) is 0 Å². The maximum absolute atomic E-state index is 12.7. The number of benzene rings is 1. The van der Waals surface area contributed by atoms with Gasteiger partial charge in [0.2, 0.25) is 0 Å². The number of alkyl halides is 3. The van der Waals surface area contributed by atoms with Crippen LogP contribution in [0.3, 0.4) is 0 Å². The molecular weight excluding hydrogens is 253 g/mol. The lowest BCUT2D eigenvalue weighted by atomic mass is 10.1. The van der Waals surface area contributed by atoms with Gasteiger partial charge in [0.15, 0.2) is 0 Å². The molecular formula is C14H17F3N2. The zero-order valence-electron chi connectivity index (χ0n) is 11.3. The average Bonchev–Trinajstić information content (AvgIpc) is 2.36.